The summed E-state index contributed by atoms with van der Waals surface area (Å²) in [6, 6.07) is 6.01. The average Bonchev–Trinajstić information content (AvgIpc) is 2.14. The molecule has 0 N–H and O–H groups in total. The minimum absolute atomic E-state index is 0.319. The van der Waals surface area contributed by atoms with Crippen LogP contribution in [-0.2, 0) is 10.8 Å². The van der Waals surface area contributed by atoms with Crippen LogP contribution in [-0.4, -0.2) is 9.96 Å². The summed E-state index contributed by atoms with van der Waals surface area (Å²) in [7, 11) is -1.05. The van der Waals surface area contributed by atoms with Crippen molar-refractivity contribution in [3.05, 3.63) is 30.1 Å². The minimum atomic E-state index is -1.05. The van der Waals surface area contributed by atoms with E-state index in [-0.39, 0.29) is 5.82 Å². The maximum Gasteiger partial charge on any atom is 0.124 e. The molecule has 0 bridgehead atoms. The van der Waals surface area contributed by atoms with Crippen molar-refractivity contribution in [2.75, 3.05) is 5.75 Å². The van der Waals surface area contributed by atoms with Gasteiger partial charge in [0.15, 0.2) is 0 Å². The number of rotatable bonds is 4. The monoisotopic (exact) mass is 214 g/mol. The van der Waals surface area contributed by atoms with E-state index in [2.05, 4.69) is 13.8 Å². The van der Waals surface area contributed by atoms with Crippen molar-refractivity contribution in [2.45, 2.75) is 25.2 Å². The molecular formula is C11H15FOS. The Morgan fingerprint density at radius 1 is 1.43 bits per heavy atom. The first-order chi connectivity index (χ1) is 6.59. The highest BCUT2D eigenvalue weighted by atomic mass is 32.2. The Balaban J connectivity index is 2.61. The average molecular weight is 214 g/mol. The lowest BCUT2D eigenvalue weighted by Gasteiger charge is -2.04. The van der Waals surface area contributed by atoms with Gasteiger partial charge < -0.3 is 0 Å². The van der Waals surface area contributed by atoms with Crippen molar-refractivity contribution in [3.8, 4) is 0 Å². The van der Waals surface area contributed by atoms with E-state index in [0.29, 0.717) is 16.6 Å². The molecule has 14 heavy (non-hydrogen) atoms. The third-order valence-electron chi connectivity index (χ3n) is 1.94. The highest BCUT2D eigenvalue weighted by Gasteiger charge is 2.05. The third kappa shape index (κ3) is 3.58. The Morgan fingerprint density at radius 3 is 2.71 bits per heavy atom. The normalized spacial score (nSPS) is 13.1. The van der Waals surface area contributed by atoms with Crippen LogP contribution in [0.4, 0.5) is 4.39 Å². The van der Waals surface area contributed by atoms with E-state index in [4.69, 9.17) is 0 Å². The summed E-state index contributed by atoms with van der Waals surface area (Å²) in [4.78, 5) is 0.589. The standard InChI is InChI=1S/C11H15FOS/c1-9(2)6-7-14(13)11-5-3-4-10(12)8-11/h3-5,8-9H,6-7H2,1-2H3. The van der Waals surface area contributed by atoms with E-state index in [1.165, 1.54) is 12.1 Å². The molecule has 0 aliphatic heterocycles. The second-order valence-corrected chi connectivity index (χ2v) is 5.26. The Morgan fingerprint density at radius 2 is 2.14 bits per heavy atom. The van der Waals surface area contributed by atoms with Crippen LogP contribution in [0.2, 0.25) is 0 Å². The van der Waals surface area contributed by atoms with Crippen molar-refractivity contribution < 1.29 is 8.60 Å². The van der Waals surface area contributed by atoms with Crippen molar-refractivity contribution in [1.29, 1.82) is 0 Å². The molecule has 0 heterocycles. The van der Waals surface area contributed by atoms with Gasteiger partial charge in [0, 0.05) is 10.6 Å². The molecule has 1 atom stereocenters. The van der Waals surface area contributed by atoms with E-state index in [9.17, 15) is 8.60 Å². The summed E-state index contributed by atoms with van der Waals surface area (Å²) >= 11 is 0. The molecule has 1 aromatic carbocycles. The van der Waals surface area contributed by atoms with E-state index < -0.39 is 10.8 Å². The van der Waals surface area contributed by atoms with E-state index in [1.54, 1.807) is 12.1 Å². The SMILES string of the molecule is CC(C)CCS(=O)c1cccc(F)c1. The van der Waals surface area contributed by atoms with Gasteiger partial charge >= 0.3 is 0 Å². The van der Waals surface area contributed by atoms with Crippen LogP contribution < -0.4 is 0 Å². The summed E-state index contributed by atoms with van der Waals surface area (Å²) in [5.74, 6) is 0.828. The van der Waals surface area contributed by atoms with Gasteiger partial charge in [-0.2, -0.15) is 0 Å². The molecule has 1 aromatic rings. The van der Waals surface area contributed by atoms with Gasteiger partial charge in [-0.15, -0.1) is 0 Å². The Bertz CT molecular complexity index is 323. The third-order valence-corrected chi connectivity index (χ3v) is 3.33. The molecule has 0 fully saturated rings. The zero-order chi connectivity index (χ0) is 10.6. The van der Waals surface area contributed by atoms with Gasteiger partial charge in [0.25, 0.3) is 0 Å². The lowest BCUT2D eigenvalue weighted by molar-refractivity contribution is 0.614. The molecule has 1 nitrogen and oxygen atoms in total. The van der Waals surface area contributed by atoms with Crippen molar-refractivity contribution in [3.63, 3.8) is 0 Å². The quantitative estimate of drug-likeness (QED) is 0.753. The van der Waals surface area contributed by atoms with Crippen LogP contribution in [0.5, 0.6) is 0 Å². The largest absolute Gasteiger partial charge is 0.254 e. The zero-order valence-corrected chi connectivity index (χ0v) is 9.31. The molecular weight excluding hydrogens is 199 g/mol. The fourth-order valence-corrected chi connectivity index (χ4v) is 2.46. The second-order valence-electron chi connectivity index (χ2n) is 3.69. The Labute approximate surface area is 86.8 Å². The van der Waals surface area contributed by atoms with Crippen molar-refractivity contribution >= 4 is 10.8 Å². The van der Waals surface area contributed by atoms with Gasteiger partial charge in [-0.1, -0.05) is 19.9 Å². The summed E-state index contributed by atoms with van der Waals surface area (Å²) < 4.78 is 24.4. The zero-order valence-electron chi connectivity index (χ0n) is 8.50. The van der Waals surface area contributed by atoms with Crippen LogP contribution in [0.3, 0.4) is 0 Å². The maximum absolute atomic E-state index is 12.8. The van der Waals surface area contributed by atoms with Crippen molar-refractivity contribution in [1.82, 2.24) is 0 Å². The Kier molecular flexibility index (Phi) is 4.26. The summed E-state index contributed by atoms with van der Waals surface area (Å²) in [5, 5.41) is 0. The fourth-order valence-electron chi connectivity index (χ4n) is 1.07. The number of halogens is 1. The molecule has 0 amide bonds. The topological polar surface area (TPSA) is 17.1 Å². The molecule has 0 aromatic heterocycles. The smallest absolute Gasteiger partial charge is 0.124 e. The van der Waals surface area contributed by atoms with Gasteiger partial charge in [0.05, 0.1) is 10.8 Å². The first-order valence-electron chi connectivity index (χ1n) is 4.73. The Hall–Kier alpha value is -0.700. The fraction of sp³-hybridized carbons (Fsp3) is 0.455. The summed E-state index contributed by atoms with van der Waals surface area (Å²) in [6.45, 7) is 4.17. The van der Waals surface area contributed by atoms with Crippen LogP contribution in [0, 0.1) is 11.7 Å². The summed E-state index contributed by atoms with van der Waals surface area (Å²) in [5.41, 5.74) is 0. The molecule has 78 valence electrons. The molecule has 0 spiro atoms. The van der Waals surface area contributed by atoms with Crippen LogP contribution in [0.1, 0.15) is 20.3 Å². The molecule has 3 heteroatoms. The van der Waals surface area contributed by atoms with Gasteiger partial charge in [-0.25, -0.2) is 4.39 Å². The highest BCUT2D eigenvalue weighted by Crippen LogP contribution is 2.11. The van der Waals surface area contributed by atoms with Gasteiger partial charge in [0.2, 0.25) is 0 Å². The lowest BCUT2D eigenvalue weighted by atomic mass is 10.2. The lowest BCUT2D eigenvalue weighted by Crippen LogP contribution is -2.01. The molecule has 0 aliphatic carbocycles. The number of hydrogen-bond acceptors (Lipinski definition) is 1. The molecule has 1 unspecified atom stereocenters. The summed E-state index contributed by atoms with van der Waals surface area (Å²) in [6.07, 6.45) is 0.906. The minimum Gasteiger partial charge on any atom is -0.254 e. The van der Waals surface area contributed by atoms with Crippen LogP contribution in [0.15, 0.2) is 29.2 Å². The molecule has 0 saturated heterocycles. The van der Waals surface area contributed by atoms with Gasteiger partial charge in [0.1, 0.15) is 5.82 Å². The number of hydrogen-bond donors (Lipinski definition) is 0. The predicted octanol–water partition coefficient (Wildman–Crippen LogP) is 2.98. The van der Waals surface area contributed by atoms with Crippen molar-refractivity contribution in [2.24, 2.45) is 5.92 Å². The molecule has 0 aliphatic rings. The van der Waals surface area contributed by atoms with E-state index in [0.717, 1.165) is 6.42 Å². The number of benzene rings is 1. The predicted molar refractivity (Wildman–Crippen MR) is 57.1 cm³/mol. The molecule has 0 saturated carbocycles. The van der Waals surface area contributed by atoms with Gasteiger partial charge in [-0.3, -0.25) is 4.21 Å². The molecule has 1 rings (SSSR count). The van der Waals surface area contributed by atoms with Crippen LogP contribution in [0.25, 0.3) is 0 Å². The van der Waals surface area contributed by atoms with E-state index in [1.807, 2.05) is 0 Å². The highest BCUT2D eigenvalue weighted by molar-refractivity contribution is 7.85. The van der Waals surface area contributed by atoms with Gasteiger partial charge in [-0.05, 0) is 30.5 Å². The second kappa shape index (κ2) is 5.25. The molecule has 0 radical (unpaired) electrons. The van der Waals surface area contributed by atoms with Crippen LogP contribution >= 0.6 is 0 Å². The van der Waals surface area contributed by atoms with E-state index >= 15 is 0 Å². The first kappa shape index (κ1) is 11.4. The first-order valence-corrected chi connectivity index (χ1v) is 6.05. The maximum atomic E-state index is 12.8.